The molecule has 0 saturated carbocycles. The number of anilines is 1. The smallest absolute Gasteiger partial charge is 0.142 e. The second-order valence-electron chi connectivity index (χ2n) is 5.15. The van der Waals surface area contributed by atoms with Gasteiger partial charge in [-0.3, -0.25) is 0 Å². The molecule has 1 aromatic carbocycles. The molecule has 0 spiro atoms. The molecule has 1 atom stereocenters. The van der Waals surface area contributed by atoms with Gasteiger partial charge in [-0.1, -0.05) is 18.5 Å². The zero-order valence-corrected chi connectivity index (χ0v) is 11.0. The van der Waals surface area contributed by atoms with Crippen LogP contribution in [0, 0.1) is 0 Å². The highest BCUT2D eigenvalue weighted by Gasteiger charge is 2.32. The third-order valence-electron chi connectivity index (χ3n) is 3.15. The predicted molar refractivity (Wildman–Crippen MR) is 68.7 cm³/mol. The van der Waals surface area contributed by atoms with Crippen LogP contribution < -0.4 is 10.1 Å². The van der Waals surface area contributed by atoms with Gasteiger partial charge in [-0.15, -0.1) is 0 Å². The summed E-state index contributed by atoms with van der Waals surface area (Å²) in [5, 5.41) is 4.34. The van der Waals surface area contributed by atoms with E-state index < -0.39 is 0 Å². The van der Waals surface area contributed by atoms with Crippen LogP contribution in [0.3, 0.4) is 0 Å². The molecule has 1 N–H and O–H groups in total. The van der Waals surface area contributed by atoms with Crippen LogP contribution in [0.1, 0.15) is 38.7 Å². The fourth-order valence-corrected chi connectivity index (χ4v) is 2.96. The van der Waals surface area contributed by atoms with Crippen LogP contribution in [0.2, 0.25) is 5.02 Å². The standard InChI is InChI=1S/C13H18ClNO/c1-8-7-13(2,3)15-12-10(16-4)6-5-9(14)11(8)12/h5-6,8,15H,7H2,1-4H3. The molecule has 2 nitrogen and oxygen atoms in total. The summed E-state index contributed by atoms with van der Waals surface area (Å²) >= 11 is 6.26. The predicted octanol–water partition coefficient (Wildman–Crippen LogP) is 4.05. The number of hydrogen-bond acceptors (Lipinski definition) is 2. The second-order valence-corrected chi connectivity index (χ2v) is 5.56. The number of ether oxygens (including phenoxy) is 1. The summed E-state index contributed by atoms with van der Waals surface area (Å²) in [6.45, 7) is 6.62. The van der Waals surface area contributed by atoms with E-state index in [4.69, 9.17) is 16.3 Å². The van der Waals surface area contributed by atoms with Crippen molar-refractivity contribution < 1.29 is 4.74 Å². The minimum Gasteiger partial charge on any atom is -0.495 e. The maximum Gasteiger partial charge on any atom is 0.142 e. The molecular formula is C13H18ClNO. The van der Waals surface area contributed by atoms with E-state index in [-0.39, 0.29) is 5.54 Å². The van der Waals surface area contributed by atoms with Crippen molar-refractivity contribution in [1.29, 1.82) is 0 Å². The number of halogens is 1. The number of rotatable bonds is 1. The largest absolute Gasteiger partial charge is 0.495 e. The molecule has 2 rings (SSSR count). The van der Waals surface area contributed by atoms with Gasteiger partial charge in [0.2, 0.25) is 0 Å². The number of nitrogens with one attached hydrogen (secondary N) is 1. The summed E-state index contributed by atoms with van der Waals surface area (Å²) in [4.78, 5) is 0. The lowest BCUT2D eigenvalue weighted by Crippen LogP contribution is -2.36. The number of hydrogen-bond donors (Lipinski definition) is 1. The first-order chi connectivity index (χ1) is 7.44. The first-order valence-corrected chi connectivity index (χ1v) is 5.97. The maximum atomic E-state index is 6.26. The van der Waals surface area contributed by atoms with Crippen molar-refractivity contribution in [2.24, 2.45) is 0 Å². The summed E-state index contributed by atoms with van der Waals surface area (Å²) in [7, 11) is 1.69. The first-order valence-electron chi connectivity index (χ1n) is 5.59. The Morgan fingerprint density at radius 3 is 2.75 bits per heavy atom. The molecule has 16 heavy (non-hydrogen) atoms. The van der Waals surface area contributed by atoms with Crippen LogP contribution in [-0.2, 0) is 0 Å². The van der Waals surface area contributed by atoms with E-state index in [0.717, 1.165) is 22.9 Å². The van der Waals surface area contributed by atoms with Crippen molar-refractivity contribution >= 4 is 17.3 Å². The summed E-state index contributed by atoms with van der Waals surface area (Å²) < 4.78 is 5.39. The van der Waals surface area contributed by atoms with Gasteiger partial charge in [0.25, 0.3) is 0 Å². The third-order valence-corrected chi connectivity index (χ3v) is 3.48. The van der Waals surface area contributed by atoms with Crippen molar-refractivity contribution in [3.8, 4) is 5.75 Å². The van der Waals surface area contributed by atoms with E-state index >= 15 is 0 Å². The molecule has 0 fully saturated rings. The average molecular weight is 240 g/mol. The quantitative estimate of drug-likeness (QED) is 0.799. The molecule has 0 radical (unpaired) electrons. The monoisotopic (exact) mass is 239 g/mol. The van der Waals surface area contributed by atoms with Crippen LogP contribution in [0.25, 0.3) is 0 Å². The highest BCUT2D eigenvalue weighted by Crippen LogP contribution is 2.46. The Kier molecular flexibility index (Phi) is 2.79. The molecule has 1 aliphatic heterocycles. The van der Waals surface area contributed by atoms with Crippen LogP contribution >= 0.6 is 11.6 Å². The Morgan fingerprint density at radius 2 is 2.12 bits per heavy atom. The van der Waals surface area contributed by atoms with Crippen LogP contribution in [0.4, 0.5) is 5.69 Å². The molecule has 3 heteroatoms. The Hall–Kier alpha value is -0.890. The summed E-state index contributed by atoms with van der Waals surface area (Å²) in [6.07, 6.45) is 1.08. The Morgan fingerprint density at radius 1 is 1.44 bits per heavy atom. The van der Waals surface area contributed by atoms with Gasteiger partial charge in [-0.2, -0.15) is 0 Å². The minimum atomic E-state index is 0.0877. The lowest BCUT2D eigenvalue weighted by Gasteiger charge is -2.38. The van der Waals surface area contributed by atoms with E-state index in [1.54, 1.807) is 7.11 Å². The molecule has 0 saturated heterocycles. The van der Waals surface area contributed by atoms with Gasteiger partial charge < -0.3 is 10.1 Å². The van der Waals surface area contributed by atoms with Gasteiger partial charge in [0.15, 0.2) is 0 Å². The molecule has 1 unspecified atom stereocenters. The number of benzene rings is 1. The normalized spacial score (nSPS) is 22.2. The topological polar surface area (TPSA) is 21.3 Å². The highest BCUT2D eigenvalue weighted by molar-refractivity contribution is 6.32. The van der Waals surface area contributed by atoms with Gasteiger partial charge in [-0.05, 0) is 38.3 Å². The van der Waals surface area contributed by atoms with Crippen LogP contribution in [0.5, 0.6) is 5.75 Å². The Labute approximate surface area is 102 Å². The van der Waals surface area contributed by atoms with Crippen molar-refractivity contribution in [2.45, 2.75) is 38.6 Å². The fraction of sp³-hybridized carbons (Fsp3) is 0.538. The SMILES string of the molecule is COc1ccc(Cl)c2c1NC(C)(C)CC2C. The van der Waals surface area contributed by atoms with Gasteiger partial charge in [-0.25, -0.2) is 0 Å². The van der Waals surface area contributed by atoms with Crippen LogP contribution in [-0.4, -0.2) is 12.6 Å². The third kappa shape index (κ3) is 1.86. The van der Waals surface area contributed by atoms with E-state index in [0.29, 0.717) is 5.92 Å². The minimum absolute atomic E-state index is 0.0877. The van der Waals surface area contributed by atoms with Crippen LogP contribution in [0.15, 0.2) is 12.1 Å². The molecule has 1 heterocycles. The molecule has 0 bridgehead atoms. The van der Waals surface area contributed by atoms with E-state index in [9.17, 15) is 0 Å². The van der Waals surface area contributed by atoms with Crippen molar-refractivity contribution in [2.75, 3.05) is 12.4 Å². The first kappa shape index (κ1) is 11.6. The summed E-state index contributed by atoms with van der Waals surface area (Å²) in [5.41, 5.74) is 2.32. The zero-order chi connectivity index (χ0) is 11.9. The van der Waals surface area contributed by atoms with Crippen molar-refractivity contribution in [3.05, 3.63) is 22.7 Å². The molecule has 0 aromatic heterocycles. The molecule has 0 aliphatic carbocycles. The second kappa shape index (κ2) is 3.85. The molecule has 0 amide bonds. The van der Waals surface area contributed by atoms with Gasteiger partial charge >= 0.3 is 0 Å². The summed E-state index contributed by atoms with van der Waals surface area (Å²) in [5.74, 6) is 1.33. The highest BCUT2D eigenvalue weighted by atomic mass is 35.5. The van der Waals surface area contributed by atoms with Crippen molar-refractivity contribution in [3.63, 3.8) is 0 Å². The molecular weight excluding hydrogens is 222 g/mol. The maximum absolute atomic E-state index is 6.26. The number of fused-ring (bicyclic) bond motifs is 1. The lowest BCUT2D eigenvalue weighted by atomic mass is 9.82. The number of methoxy groups -OCH3 is 1. The average Bonchev–Trinajstić information content (AvgIpc) is 2.15. The summed E-state index contributed by atoms with van der Waals surface area (Å²) in [6, 6.07) is 3.83. The Bertz CT molecular complexity index is 415. The van der Waals surface area contributed by atoms with Gasteiger partial charge in [0, 0.05) is 16.1 Å². The molecule has 88 valence electrons. The van der Waals surface area contributed by atoms with Gasteiger partial charge in [0.05, 0.1) is 12.8 Å². The van der Waals surface area contributed by atoms with E-state index in [2.05, 4.69) is 26.1 Å². The molecule has 1 aromatic rings. The fourth-order valence-electron chi connectivity index (χ4n) is 2.61. The van der Waals surface area contributed by atoms with E-state index in [1.165, 1.54) is 5.56 Å². The molecule has 1 aliphatic rings. The van der Waals surface area contributed by atoms with Gasteiger partial charge in [0.1, 0.15) is 5.75 Å². The lowest BCUT2D eigenvalue weighted by molar-refractivity contribution is 0.403. The van der Waals surface area contributed by atoms with E-state index in [1.807, 2.05) is 12.1 Å². The van der Waals surface area contributed by atoms with Crippen molar-refractivity contribution in [1.82, 2.24) is 0 Å². The zero-order valence-electron chi connectivity index (χ0n) is 10.2. The Balaban J connectivity index is 2.58.